The van der Waals surface area contributed by atoms with Crippen molar-refractivity contribution in [3.8, 4) is 0 Å². The van der Waals surface area contributed by atoms with Crippen molar-refractivity contribution in [2.24, 2.45) is 0 Å². The SMILES string of the molecule is O=C(O)COC1CCN(S(=O)(=O)c2ccc(F)cc2)CC1. The average Bonchev–Trinajstić information content (AvgIpc) is 2.46. The molecule has 0 spiro atoms. The highest BCUT2D eigenvalue weighted by atomic mass is 32.2. The van der Waals surface area contributed by atoms with Crippen LogP contribution in [0.2, 0.25) is 0 Å². The van der Waals surface area contributed by atoms with Crippen LogP contribution < -0.4 is 0 Å². The second-order valence-electron chi connectivity index (χ2n) is 4.76. The standard InChI is InChI=1S/C13H16FNO5S/c14-10-1-3-12(4-2-10)21(18,19)15-7-5-11(6-8-15)20-9-13(16)17/h1-4,11H,5-9H2,(H,16,17). The van der Waals surface area contributed by atoms with Gasteiger partial charge in [0.1, 0.15) is 12.4 Å². The Labute approximate surface area is 122 Å². The van der Waals surface area contributed by atoms with E-state index >= 15 is 0 Å². The van der Waals surface area contributed by atoms with E-state index in [4.69, 9.17) is 9.84 Å². The maximum atomic E-state index is 12.8. The quantitative estimate of drug-likeness (QED) is 0.878. The Morgan fingerprint density at radius 1 is 1.29 bits per heavy atom. The summed E-state index contributed by atoms with van der Waals surface area (Å²) in [6.45, 7) is 0.128. The molecular weight excluding hydrogens is 301 g/mol. The smallest absolute Gasteiger partial charge is 0.329 e. The van der Waals surface area contributed by atoms with Gasteiger partial charge in [-0.25, -0.2) is 17.6 Å². The van der Waals surface area contributed by atoms with Crippen LogP contribution in [-0.2, 0) is 19.6 Å². The van der Waals surface area contributed by atoms with Crippen LogP contribution in [0.15, 0.2) is 29.2 Å². The van der Waals surface area contributed by atoms with E-state index in [1.807, 2.05) is 0 Å². The number of carboxylic acids is 1. The largest absolute Gasteiger partial charge is 0.480 e. The molecule has 1 aliphatic rings. The van der Waals surface area contributed by atoms with Crippen molar-refractivity contribution in [1.82, 2.24) is 4.31 Å². The van der Waals surface area contributed by atoms with Gasteiger partial charge in [-0.15, -0.1) is 0 Å². The summed E-state index contributed by atoms with van der Waals surface area (Å²) in [6, 6.07) is 4.68. The fourth-order valence-electron chi connectivity index (χ4n) is 2.18. The highest BCUT2D eigenvalue weighted by Crippen LogP contribution is 2.22. The van der Waals surface area contributed by atoms with Crippen LogP contribution in [0, 0.1) is 5.82 Å². The number of hydrogen-bond donors (Lipinski definition) is 1. The van der Waals surface area contributed by atoms with E-state index in [2.05, 4.69) is 0 Å². The molecule has 1 saturated heterocycles. The van der Waals surface area contributed by atoms with Gasteiger partial charge >= 0.3 is 5.97 Å². The molecule has 0 aliphatic carbocycles. The first-order chi connectivity index (χ1) is 9.89. The Bertz CT molecular complexity index is 593. The maximum absolute atomic E-state index is 12.8. The number of aliphatic carboxylic acids is 1. The summed E-state index contributed by atoms with van der Waals surface area (Å²) in [6.07, 6.45) is 0.627. The average molecular weight is 317 g/mol. The number of piperidine rings is 1. The van der Waals surface area contributed by atoms with E-state index in [1.165, 1.54) is 16.4 Å². The molecule has 21 heavy (non-hydrogen) atoms. The van der Waals surface area contributed by atoms with E-state index in [9.17, 15) is 17.6 Å². The predicted molar refractivity (Wildman–Crippen MR) is 71.8 cm³/mol. The number of halogens is 1. The van der Waals surface area contributed by atoms with Crippen molar-refractivity contribution in [3.05, 3.63) is 30.1 Å². The topological polar surface area (TPSA) is 83.9 Å². The lowest BCUT2D eigenvalue weighted by atomic mass is 10.1. The summed E-state index contributed by atoms with van der Waals surface area (Å²) < 4.78 is 44.0. The van der Waals surface area contributed by atoms with Gasteiger partial charge in [-0.05, 0) is 37.1 Å². The minimum atomic E-state index is -3.64. The van der Waals surface area contributed by atoms with Gasteiger partial charge in [0.05, 0.1) is 11.0 Å². The summed E-state index contributed by atoms with van der Waals surface area (Å²) in [7, 11) is -3.64. The van der Waals surface area contributed by atoms with Crippen LogP contribution >= 0.6 is 0 Å². The van der Waals surface area contributed by atoms with Crippen molar-refractivity contribution in [3.63, 3.8) is 0 Å². The lowest BCUT2D eigenvalue weighted by Gasteiger charge is -2.30. The second-order valence-corrected chi connectivity index (χ2v) is 6.70. The zero-order valence-electron chi connectivity index (χ0n) is 11.2. The van der Waals surface area contributed by atoms with Crippen molar-refractivity contribution < 1.29 is 27.4 Å². The van der Waals surface area contributed by atoms with Crippen molar-refractivity contribution >= 4 is 16.0 Å². The maximum Gasteiger partial charge on any atom is 0.329 e. The van der Waals surface area contributed by atoms with Crippen LogP contribution in [0.3, 0.4) is 0 Å². The Morgan fingerprint density at radius 2 is 1.86 bits per heavy atom. The molecular formula is C13H16FNO5S. The van der Waals surface area contributed by atoms with Crippen LogP contribution in [0.25, 0.3) is 0 Å². The van der Waals surface area contributed by atoms with E-state index in [0.29, 0.717) is 12.8 Å². The summed E-state index contributed by atoms with van der Waals surface area (Å²) in [5.74, 6) is -1.54. The molecule has 0 atom stereocenters. The highest BCUT2D eigenvalue weighted by molar-refractivity contribution is 7.89. The second kappa shape index (κ2) is 6.50. The lowest BCUT2D eigenvalue weighted by molar-refractivity contribution is -0.145. The first-order valence-corrected chi connectivity index (χ1v) is 7.93. The molecule has 6 nitrogen and oxygen atoms in total. The zero-order valence-corrected chi connectivity index (χ0v) is 12.1. The number of carboxylic acid groups (broad SMARTS) is 1. The Morgan fingerprint density at radius 3 is 2.38 bits per heavy atom. The normalized spacial score (nSPS) is 17.8. The van der Waals surface area contributed by atoms with E-state index in [0.717, 1.165) is 12.1 Å². The molecule has 0 radical (unpaired) electrons. The molecule has 1 aromatic rings. The van der Waals surface area contributed by atoms with Gasteiger partial charge in [-0.1, -0.05) is 0 Å². The number of benzene rings is 1. The van der Waals surface area contributed by atoms with E-state index in [-0.39, 0.29) is 30.7 Å². The van der Waals surface area contributed by atoms with Crippen molar-refractivity contribution in [2.45, 2.75) is 23.8 Å². The number of carbonyl (C=O) groups is 1. The number of nitrogens with zero attached hydrogens (tertiary/aromatic N) is 1. The van der Waals surface area contributed by atoms with Crippen LogP contribution in [-0.4, -0.2) is 49.6 Å². The fraction of sp³-hybridized carbons (Fsp3) is 0.462. The Kier molecular flexibility index (Phi) is 4.92. The van der Waals surface area contributed by atoms with Gasteiger partial charge in [0.15, 0.2) is 0 Å². The summed E-state index contributed by atoms with van der Waals surface area (Å²) in [5, 5.41) is 8.53. The lowest BCUT2D eigenvalue weighted by Crippen LogP contribution is -2.41. The van der Waals surface area contributed by atoms with Gasteiger partial charge in [0.25, 0.3) is 0 Å². The molecule has 1 N–H and O–H groups in total. The zero-order chi connectivity index (χ0) is 15.5. The third kappa shape index (κ3) is 3.99. The highest BCUT2D eigenvalue weighted by Gasteiger charge is 2.29. The van der Waals surface area contributed by atoms with Gasteiger partial charge < -0.3 is 9.84 Å². The molecule has 8 heteroatoms. The fourth-order valence-corrected chi connectivity index (χ4v) is 3.65. The molecule has 0 bridgehead atoms. The molecule has 1 fully saturated rings. The van der Waals surface area contributed by atoms with Gasteiger partial charge in [0.2, 0.25) is 10.0 Å². The van der Waals surface area contributed by atoms with Gasteiger partial charge in [0, 0.05) is 13.1 Å². The van der Waals surface area contributed by atoms with Crippen molar-refractivity contribution in [1.29, 1.82) is 0 Å². The van der Waals surface area contributed by atoms with Gasteiger partial charge in [-0.3, -0.25) is 0 Å². The number of sulfonamides is 1. The summed E-state index contributed by atoms with van der Waals surface area (Å²) >= 11 is 0. The molecule has 0 aromatic heterocycles. The number of ether oxygens (including phenoxy) is 1. The molecule has 0 amide bonds. The minimum absolute atomic E-state index is 0.0498. The number of hydrogen-bond acceptors (Lipinski definition) is 4. The molecule has 1 aliphatic heterocycles. The van der Waals surface area contributed by atoms with E-state index in [1.54, 1.807) is 0 Å². The Hall–Kier alpha value is -1.51. The first-order valence-electron chi connectivity index (χ1n) is 6.48. The van der Waals surface area contributed by atoms with Crippen LogP contribution in [0.1, 0.15) is 12.8 Å². The third-order valence-corrected chi connectivity index (χ3v) is 5.21. The molecule has 0 unspecified atom stereocenters. The molecule has 1 heterocycles. The van der Waals surface area contributed by atoms with Gasteiger partial charge in [-0.2, -0.15) is 4.31 Å². The minimum Gasteiger partial charge on any atom is -0.480 e. The van der Waals surface area contributed by atoms with Crippen molar-refractivity contribution in [2.75, 3.05) is 19.7 Å². The molecule has 1 aromatic carbocycles. The first kappa shape index (κ1) is 15.9. The monoisotopic (exact) mass is 317 g/mol. The van der Waals surface area contributed by atoms with Crippen LogP contribution in [0.5, 0.6) is 0 Å². The summed E-state index contributed by atoms with van der Waals surface area (Å²) in [5.41, 5.74) is 0. The van der Waals surface area contributed by atoms with Crippen LogP contribution in [0.4, 0.5) is 4.39 Å². The predicted octanol–water partition coefficient (Wildman–Crippen LogP) is 1.08. The Balaban J connectivity index is 1.97. The molecule has 0 saturated carbocycles. The molecule has 116 valence electrons. The molecule has 2 rings (SSSR count). The third-order valence-electron chi connectivity index (χ3n) is 3.29. The summed E-state index contributed by atoms with van der Waals surface area (Å²) in [4.78, 5) is 10.5. The number of rotatable bonds is 5. The van der Waals surface area contributed by atoms with E-state index < -0.39 is 21.8 Å².